The smallest absolute Gasteiger partial charge is 0.0125 e. The van der Waals surface area contributed by atoms with Crippen LogP contribution < -0.4 is 0 Å². The predicted octanol–water partition coefficient (Wildman–Crippen LogP) is 2.35. The summed E-state index contributed by atoms with van der Waals surface area (Å²) < 4.78 is 0. The van der Waals surface area contributed by atoms with Crippen LogP contribution in [0.1, 0.15) is 46.5 Å². The average Bonchev–Trinajstić information content (AvgIpc) is 2.40. The van der Waals surface area contributed by atoms with E-state index in [-0.39, 0.29) is 0 Å². The van der Waals surface area contributed by atoms with Gasteiger partial charge in [0, 0.05) is 36.6 Å². The zero-order chi connectivity index (χ0) is 11.4. The van der Waals surface area contributed by atoms with Gasteiger partial charge in [0.15, 0.2) is 0 Å². The van der Waals surface area contributed by atoms with Gasteiger partial charge in [0.2, 0.25) is 0 Å². The Balaban J connectivity index is 1.55. The third-order valence-corrected chi connectivity index (χ3v) is 5.06. The van der Waals surface area contributed by atoms with Gasteiger partial charge in [-0.15, -0.1) is 0 Å². The third-order valence-electron chi connectivity index (χ3n) is 5.06. The molecule has 0 aromatic carbocycles. The molecule has 1 spiro atoms. The third kappa shape index (κ3) is 1.70. The number of hydrogen-bond donors (Lipinski definition) is 0. The molecule has 2 saturated heterocycles. The van der Waals surface area contributed by atoms with Crippen molar-refractivity contribution in [2.75, 3.05) is 26.2 Å². The van der Waals surface area contributed by atoms with E-state index in [2.05, 4.69) is 30.6 Å². The normalized spacial score (nSPS) is 31.7. The molecule has 2 heterocycles. The molecule has 3 aliphatic rings. The molecule has 1 saturated carbocycles. The summed E-state index contributed by atoms with van der Waals surface area (Å²) in [6.07, 6.45) is 5.87. The molecule has 2 heteroatoms. The predicted molar refractivity (Wildman–Crippen MR) is 67.6 cm³/mol. The average molecular weight is 222 g/mol. The molecule has 0 aromatic heterocycles. The molecule has 0 unspecified atom stereocenters. The van der Waals surface area contributed by atoms with E-state index in [1.807, 2.05) is 0 Å². The van der Waals surface area contributed by atoms with Crippen molar-refractivity contribution >= 4 is 0 Å². The van der Waals surface area contributed by atoms with Gasteiger partial charge in [-0.2, -0.15) is 0 Å². The molecule has 0 amide bonds. The van der Waals surface area contributed by atoms with Crippen LogP contribution in [0.4, 0.5) is 0 Å². The highest BCUT2D eigenvalue weighted by Crippen LogP contribution is 2.44. The maximum absolute atomic E-state index is 2.78. The largest absolute Gasteiger partial charge is 0.300 e. The van der Waals surface area contributed by atoms with Crippen molar-refractivity contribution in [1.82, 2.24) is 9.80 Å². The van der Waals surface area contributed by atoms with Gasteiger partial charge < -0.3 is 0 Å². The molecule has 0 bridgehead atoms. The Hall–Kier alpha value is -0.0800. The van der Waals surface area contributed by atoms with Crippen LogP contribution in [0.3, 0.4) is 0 Å². The summed E-state index contributed by atoms with van der Waals surface area (Å²) in [5.41, 5.74) is 1.07. The molecule has 0 N–H and O–H groups in total. The van der Waals surface area contributed by atoms with Gasteiger partial charge in [0.25, 0.3) is 0 Å². The van der Waals surface area contributed by atoms with Crippen molar-refractivity contribution in [3.05, 3.63) is 0 Å². The molecule has 3 rings (SSSR count). The van der Waals surface area contributed by atoms with Gasteiger partial charge in [0.1, 0.15) is 0 Å². The van der Waals surface area contributed by atoms with Crippen LogP contribution >= 0.6 is 0 Å². The molecule has 92 valence electrons. The monoisotopic (exact) mass is 222 g/mol. The second kappa shape index (κ2) is 3.46. The van der Waals surface area contributed by atoms with Crippen molar-refractivity contribution in [3.8, 4) is 0 Å². The van der Waals surface area contributed by atoms with Crippen LogP contribution in [0.2, 0.25) is 0 Å². The van der Waals surface area contributed by atoms with Crippen LogP contribution in [0.15, 0.2) is 0 Å². The summed E-state index contributed by atoms with van der Waals surface area (Å²) in [5.74, 6) is 0. The van der Waals surface area contributed by atoms with Crippen LogP contribution in [0.25, 0.3) is 0 Å². The van der Waals surface area contributed by atoms with Crippen molar-refractivity contribution in [2.24, 2.45) is 5.41 Å². The number of rotatable bonds is 1. The Morgan fingerprint density at radius 1 is 1.06 bits per heavy atom. The minimum absolute atomic E-state index is 0.384. The molecule has 2 aliphatic heterocycles. The van der Waals surface area contributed by atoms with Crippen molar-refractivity contribution < 1.29 is 0 Å². The minimum atomic E-state index is 0.384. The first kappa shape index (κ1) is 11.0. The molecule has 1 aliphatic carbocycles. The Kier molecular flexibility index (Phi) is 2.38. The molecule has 2 nitrogen and oxygen atoms in total. The van der Waals surface area contributed by atoms with Crippen LogP contribution in [0, 0.1) is 5.41 Å². The van der Waals surface area contributed by atoms with E-state index in [0.717, 1.165) is 6.04 Å². The van der Waals surface area contributed by atoms with Gasteiger partial charge in [-0.25, -0.2) is 0 Å². The summed E-state index contributed by atoms with van der Waals surface area (Å²) in [7, 11) is 0. The highest BCUT2D eigenvalue weighted by atomic mass is 15.3. The molecular weight excluding hydrogens is 196 g/mol. The summed E-state index contributed by atoms with van der Waals surface area (Å²) >= 11 is 0. The van der Waals surface area contributed by atoms with E-state index in [9.17, 15) is 0 Å². The second-order valence-corrected chi connectivity index (χ2v) is 7.33. The molecular formula is C14H26N2. The van der Waals surface area contributed by atoms with Crippen molar-refractivity contribution in [2.45, 2.75) is 58.0 Å². The zero-order valence-electron chi connectivity index (χ0n) is 11.1. The number of hydrogen-bond acceptors (Lipinski definition) is 2. The van der Waals surface area contributed by atoms with Crippen LogP contribution in [-0.4, -0.2) is 47.6 Å². The Morgan fingerprint density at radius 3 is 2.25 bits per heavy atom. The van der Waals surface area contributed by atoms with E-state index < -0.39 is 0 Å². The first-order chi connectivity index (χ1) is 7.49. The molecule has 0 aromatic rings. The Labute approximate surface area is 100.0 Å². The van der Waals surface area contributed by atoms with E-state index in [1.54, 1.807) is 0 Å². The lowest BCUT2D eigenvalue weighted by atomic mass is 9.76. The van der Waals surface area contributed by atoms with E-state index in [4.69, 9.17) is 0 Å². The fraction of sp³-hybridized carbons (Fsp3) is 1.00. The van der Waals surface area contributed by atoms with E-state index >= 15 is 0 Å². The first-order valence-corrected chi connectivity index (χ1v) is 6.98. The van der Waals surface area contributed by atoms with Gasteiger partial charge in [-0.3, -0.25) is 9.80 Å². The fourth-order valence-electron chi connectivity index (χ4n) is 3.53. The van der Waals surface area contributed by atoms with Crippen LogP contribution in [0.5, 0.6) is 0 Å². The second-order valence-electron chi connectivity index (χ2n) is 7.33. The van der Waals surface area contributed by atoms with Crippen LogP contribution in [-0.2, 0) is 0 Å². The summed E-state index contributed by atoms with van der Waals surface area (Å²) in [5, 5.41) is 0. The van der Waals surface area contributed by atoms with Crippen molar-refractivity contribution in [1.29, 1.82) is 0 Å². The summed E-state index contributed by atoms with van der Waals surface area (Å²) in [6.45, 7) is 12.5. The first-order valence-electron chi connectivity index (χ1n) is 6.98. The lowest BCUT2D eigenvalue weighted by molar-refractivity contribution is -0.0554. The Bertz CT molecular complexity index is 269. The lowest BCUT2D eigenvalue weighted by Crippen LogP contribution is -2.63. The number of nitrogens with zero attached hydrogens (tertiary/aromatic N) is 2. The SMILES string of the molecule is CC(C)(C)N1CC2(CCN(C3CCC3)C2)C1. The van der Waals surface area contributed by atoms with Gasteiger partial charge in [-0.1, -0.05) is 6.42 Å². The highest BCUT2D eigenvalue weighted by molar-refractivity contribution is 5.05. The topological polar surface area (TPSA) is 6.48 Å². The maximum atomic E-state index is 2.78. The molecule has 0 radical (unpaired) electrons. The quantitative estimate of drug-likeness (QED) is 0.672. The standard InChI is InChI=1S/C14H26N2/c1-13(2,3)16-10-14(11-16)7-8-15(9-14)12-5-4-6-12/h12H,4-11H2,1-3H3. The van der Waals surface area contributed by atoms with Crippen molar-refractivity contribution in [3.63, 3.8) is 0 Å². The lowest BCUT2D eigenvalue weighted by Gasteiger charge is -2.54. The highest BCUT2D eigenvalue weighted by Gasteiger charge is 2.51. The molecule has 3 fully saturated rings. The van der Waals surface area contributed by atoms with E-state index in [1.165, 1.54) is 51.9 Å². The van der Waals surface area contributed by atoms with E-state index in [0.29, 0.717) is 11.0 Å². The molecule has 16 heavy (non-hydrogen) atoms. The summed E-state index contributed by atoms with van der Waals surface area (Å²) in [4.78, 5) is 5.43. The molecule has 0 atom stereocenters. The van der Waals surface area contributed by atoms with Gasteiger partial charge >= 0.3 is 0 Å². The van der Waals surface area contributed by atoms with Gasteiger partial charge in [0.05, 0.1) is 0 Å². The maximum Gasteiger partial charge on any atom is 0.0125 e. The zero-order valence-corrected chi connectivity index (χ0v) is 11.1. The minimum Gasteiger partial charge on any atom is -0.300 e. The Morgan fingerprint density at radius 2 is 1.75 bits per heavy atom. The fourth-order valence-corrected chi connectivity index (χ4v) is 3.53. The van der Waals surface area contributed by atoms with Gasteiger partial charge in [-0.05, 0) is 46.6 Å². The summed E-state index contributed by atoms with van der Waals surface area (Å²) in [6, 6.07) is 0.961. The number of likely N-dealkylation sites (tertiary alicyclic amines) is 2.